The number of carbonyl (C=O) groups excluding carboxylic acids is 1. The Morgan fingerprint density at radius 1 is 1.21 bits per heavy atom. The van der Waals surface area contributed by atoms with E-state index < -0.39 is 0 Å². The Balaban J connectivity index is 1.45. The summed E-state index contributed by atoms with van der Waals surface area (Å²) in [7, 11) is 3.20. The van der Waals surface area contributed by atoms with E-state index in [1.165, 1.54) is 12.1 Å². The van der Waals surface area contributed by atoms with Crippen molar-refractivity contribution in [2.75, 3.05) is 47.0 Å². The summed E-state index contributed by atoms with van der Waals surface area (Å²) in [5, 5.41) is 2.95. The van der Waals surface area contributed by atoms with E-state index in [1.807, 2.05) is 29.2 Å². The third-order valence-corrected chi connectivity index (χ3v) is 4.92. The number of amides is 1. The van der Waals surface area contributed by atoms with Gasteiger partial charge in [0.1, 0.15) is 5.82 Å². The molecule has 1 saturated heterocycles. The first-order valence-electron chi connectivity index (χ1n) is 9.66. The van der Waals surface area contributed by atoms with Crippen LogP contribution in [0.5, 0.6) is 11.5 Å². The molecule has 0 spiro atoms. The minimum Gasteiger partial charge on any atom is -0.493 e. The van der Waals surface area contributed by atoms with Crippen molar-refractivity contribution in [1.82, 2.24) is 10.2 Å². The van der Waals surface area contributed by atoms with Crippen molar-refractivity contribution in [2.24, 2.45) is 0 Å². The lowest BCUT2D eigenvalue weighted by Crippen LogP contribution is -2.44. The molecule has 1 unspecified atom stereocenters. The molecule has 0 radical (unpaired) electrons. The smallest absolute Gasteiger partial charge is 0.234 e. The predicted octanol–water partition coefficient (Wildman–Crippen LogP) is 2.58. The zero-order valence-electron chi connectivity index (χ0n) is 16.8. The van der Waals surface area contributed by atoms with Gasteiger partial charge in [0, 0.05) is 19.6 Å². The Kier molecular flexibility index (Phi) is 7.43. The molecular weight excluding hydrogens is 375 g/mol. The highest BCUT2D eigenvalue weighted by atomic mass is 19.1. The first-order valence-corrected chi connectivity index (χ1v) is 9.66. The van der Waals surface area contributed by atoms with Gasteiger partial charge in [0.2, 0.25) is 5.91 Å². The van der Waals surface area contributed by atoms with Crippen LogP contribution in [0.3, 0.4) is 0 Å². The summed E-state index contributed by atoms with van der Waals surface area (Å²) in [6.07, 6.45) is 0.472. The Hall–Kier alpha value is -2.64. The number of rotatable bonds is 8. The molecule has 2 aromatic carbocycles. The van der Waals surface area contributed by atoms with E-state index in [-0.39, 0.29) is 17.8 Å². The minimum absolute atomic E-state index is 0.0367. The summed E-state index contributed by atoms with van der Waals surface area (Å²) in [6, 6.07) is 12.1. The second kappa shape index (κ2) is 10.2. The van der Waals surface area contributed by atoms with Gasteiger partial charge in [-0.1, -0.05) is 18.2 Å². The number of halogens is 1. The lowest BCUT2D eigenvalue weighted by atomic mass is 10.1. The van der Waals surface area contributed by atoms with Crippen molar-refractivity contribution in [3.05, 3.63) is 59.4 Å². The largest absolute Gasteiger partial charge is 0.493 e. The van der Waals surface area contributed by atoms with Crippen LogP contribution < -0.4 is 14.8 Å². The molecule has 0 aliphatic carbocycles. The molecule has 156 valence electrons. The highest BCUT2D eigenvalue weighted by molar-refractivity contribution is 5.78. The van der Waals surface area contributed by atoms with Crippen molar-refractivity contribution >= 4 is 5.91 Å². The molecule has 7 heteroatoms. The number of benzene rings is 2. The fourth-order valence-electron chi connectivity index (χ4n) is 3.40. The van der Waals surface area contributed by atoms with Crippen molar-refractivity contribution in [2.45, 2.75) is 12.5 Å². The van der Waals surface area contributed by atoms with Gasteiger partial charge < -0.3 is 19.5 Å². The quantitative estimate of drug-likeness (QED) is 0.736. The predicted molar refractivity (Wildman–Crippen MR) is 108 cm³/mol. The van der Waals surface area contributed by atoms with Gasteiger partial charge in [-0.15, -0.1) is 0 Å². The van der Waals surface area contributed by atoms with Crippen molar-refractivity contribution < 1.29 is 23.4 Å². The molecule has 3 rings (SSSR count). The average molecular weight is 402 g/mol. The van der Waals surface area contributed by atoms with Gasteiger partial charge in [-0.2, -0.15) is 0 Å². The lowest BCUT2D eigenvalue weighted by Gasteiger charge is -2.32. The second-order valence-electron chi connectivity index (χ2n) is 6.94. The van der Waals surface area contributed by atoms with Gasteiger partial charge >= 0.3 is 0 Å². The molecule has 1 heterocycles. The number of morpholine rings is 1. The number of carbonyl (C=O) groups is 1. The first-order chi connectivity index (χ1) is 14.1. The van der Waals surface area contributed by atoms with Crippen LogP contribution in [-0.2, 0) is 16.0 Å². The number of hydrogen-bond acceptors (Lipinski definition) is 5. The maximum absolute atomic E-state index is 13.5. The van der Waals surface area contributed by atoms with Crippen LogP contribution in [0.25, 0.3) is 0 Å². The SMILES string of the molecule is COc1ccc(CCNC(=O)CN2CCOC(c3cccc(F)c3)C2)cc1OC. The number of ether oxygens (including phenoxy) is 3. The highest BCUT2D eigenvalue weighted by Crippen LogP contribution is 2.27. The molecule has 0 aromatic heterocycles. The van der Waals surface area contributed by atoms with Crippen LogP contribution in [0, 0.1) is 5.82 Å². The van der Waals surface area contributed by atoms with Crippen molar-refractivity contribution in [3.8, 4) is 11.5 Å². The van der Waals surface area contributed by atoms with Gasteiger partial charge in [-0.05, 0) is 41.8 Å². The van der Waals surface area contributed by atoms with E-state index >= 15 is 0 Å². The van der Waals surface area contributed by atoms with Crippen LogP contribution in [0.4, 0.5) is 4.39 Å². The van der Waals surface area contributed by atoms with Crippen LogP contribution in [0.1, 0.15) is 17.2 Å². The molecule has 1 N–H and O–H groups in total. The number of nitrogens with one attached hydrogen (secondary N) is 1. The first kappa shape index (κ1) is 21.1. The van der Waals surface area contributed by atoms with E-state index in [2.05, 4.69) is 5.32 Å². The van der Waals surface area contributed by atoms with Gasteiger partial charge in [-0.3, -0.25) is 9.69 Å². The monoisotopic (exact) mass is 402 g/mol. The second-order valence-corrected chi connectivity index (χ2v) is 6.94. The lowest BCUT2D eigenvalue weighted by molar-refractivity contribution is -0.124. The van der Waals surface area contributed by atoms with Gasteiger partial charge in [0.25, 0.3) is 0 Å². The summed E-state index contributed by atoms with van der Waals surface area (Å²) < 4.78 is 29.7. The Morgan fingerprint density at radius 2 is 2.03 bits per heavy atom. The van der Waals surface area contributed by atoms with Gasteiger partial charge in [-0.25, -0.2) is 4.39 Å². The number of nitrogens with zero attached hydrogens (tertiary/aromatic N) is 1. The van der Waals surface area contributed by atoms with E-state index in [1.54, 1.807) is 20.3 Å². The molecule has 1 aliphatic heterocycles. The number of methoxy groups -OCH3 is 2. The summed E-state index contributed by atoms with van der Waals surface area (Å²) in [6.45, 7) is 2.58. The molecular formula is C22H27FN2O4. The molecule has 1 amide bonds. The van der Waals surface area contributed by atoms with Gasteiger partial charge in [0.05, 0.1) is 33.5 Å². The van der Waals surface area contributed by atoms with Crippen LogP contribution in [0.15, 0.2) is 42.5 Å². The third-order valence-electron chi connectivity index (χ3n) is 4.92. The standard InChI is InChI=1S/C22H27FN2O4/c1-27-19-7-6-16(12-20(19)28-2)8-9-24-22(26)15-25-10-11-29-21(14-25)17-4-3-5-18(23)13-17/h3-7,12-13,21H,8-11,14-15H2,1-2H3,(H,24,26). The Morgan fingerprint density at radius 3 is 2.79 bits per heavy atom. The zero-order valence-corrected chi connectivity index (χ0v) is 16.8. The summed E-state index contributed by atoms with van der Waals surface area (Å²) in [4.78, 5) is 14.4. The van der Waals surface area contributed by atoms with E-state index in [4.69, 9.17) is 14.2 Å². The average Bonchev–Trinajstić information content (AvgIpc) is 2.73. The Bertz CT molecular complexity index is 830. The van der Waals surface area contributed by atoms with Crippen molar-refractivity contribution in [1.29, 1.82) is 0 Å². The fraction of sp³-hybridized carbons (Fsp3) is 0.409. The van der Waals surface area contributed by atoms with Crippen LogP contribution in [0.2, 0.25) is 0 Å². The third kappa shape index (κ3) is 5.92. The maximum atomic E-state index is 13.5. The van der Waals surface area contributed by atoms with E-state index in [0.29, 0.717) is 50.7 Å². The number of hydrogen-bond donors (Lipinski definition) is 1. The summed E-state index contributed by atoms with van der Waals surface area (Å²) in [5.41, 5.74) is 1.85. The highest BCUT2D eigenvalue weighted by Gasteiger charge is 2.23. The van der Waals surface area contributed by atoms with Gasteiger partial charge in [0.15, 0.2) is 11.5 Å². The molecule has 1 fully saturated rings. The maximum Gasteiger partial charge on any atom is 0.234 e. The van der Waals surface area contributed by atoms with Crippen molar-refractivity contribution in [3.63, 3.8) is 0 Å². The summed E-state index contributed by atoms with van der Waals surface area (Å²) in [5.74, 6) is 1.04. The fourth-order valence-corrected chi connectivity index (χ4v) is 3.40. The topological polar surface area (TPSA) is 60.0 Å². The van der Waals surface area contributed by atoms with Crippen LogP contribution >= 0.6 is 0 Å². The normalized spacial score (nSPS) is 17.0. The molecule has 1 aliphatic rings. The zero-order chi connectivity index (χ0) is 20.6. The molecule has 2 aromatic rings. The molecule has 0 saturated carbocycles. The van der Waals surface area contributed by atoms with Crippen LogP contribution in [-0.4, -0.2) is 57.8 Å². The molecule has 29 heavy (non-hydrogen) atoms. The molecule has 6 nitrogen and oxygen atoms in total. The Labute approximate surface area is 170 Å². The van der Waals surface area contributed by atoms with E-state index in [9.17, 15) is 9.18 Å². The minimum atomic E-state index is -0.281. The molecule has 0 bridgehead atoms. The molecule has 1 atom stereocenters. The summed E-state index contributed by atoms with van der Waals surface area (Å²) >= 11 is 0. The van der Waals surface area contributed by atoms with E-state index in [0.717, 1.165) is 11.1 Å².